The van der Waals surface area contributed by atoms with Crippen LogP contribution in [-0.2, 0) is 9.59 Å². The van der Waals surface area contributed by atoms with Crippen molar-refractivity contribution in [2.24, 2.45) is 5.92 Å². The lowest BCUT2D eigenvalue weighted by atomic mass is 10.0. The number of piperazine rings is 1. The molecular weight excluding hydrogens is 439 g/mol. The maximum atomic E-state index is 13.3. The summed E-state index contributed by atoms with van der Waals surface area (Å²) in [4.78, 5) is 29.0. The Balaban J connectivity index is 1.44. The zero-order chi connectivity index (χ0) is 24.1. The van der Waals surface area contributed by atoms with Gasteiger partial charge in [-0.3, -0.25) is 14.5 Å². The summed E-state index contributed by atoms with van der Waals surface area (Å²) in [5.41, 5.74) is 1.96. The number of rotatable bonds is 7. The number of halogens is 1. The van der Waals surface area contributed by atoms with Gasteiger partial charge in [0.1, 0.15) is 5.82 Å². The molecule has 182 valence electrons. The lowest BCUT2D eigenvalue weighted by Gasteiger charge is -2.40. The van der Waals surface area contributed by atoms with Crippen molar-refractivity contribution < 1.29 is 23.5 Å². The molecule has 0 radical (unpaired) electrons. The van der Waals surface area contributed by atoms with Gasteiger partial charge in [0.2, 0.25) is 6.79 Å². The summed E-state index contributed by atoms with van der Waals surface area (Å²) in [5, 5.41) is 5.45. The highest BCUT2D eigenvalue weighted by molar-refractivity contribution is 6.35. The van der Waals surface area contributed by atoms with E-state index in [1.807, 2.05) is 32.0 Å². The Bertz CT molecular complexity index is 1010. The van der Waals surface area contributed by atoms with E-state index >= 15 is 0 Å². The molecule has 9 heteroatoms. The molecule has 1 atom stereocenters. The third-order valence-electron chi connectivity index (χ3n) is 6.06. The highest BCUT2D eigenvalue weighted by Crippen LogP contribution is 2.35. The van der Waals surface area contributed by atoms with Gasteiger partial charge in [-0.15, -0.1) is 0 Å². The van der Waals surface area contributed by atoms with E-state index in [4.69, 9.17) is 9.47 Å². The molecule has 0 spiro atoms. The van der Waals surface area contributed by atoms with E-state index in [-0.39, 0.29) is 31.1 Å². The van der Waals surface area contributed by atoms with Crippen LogP contribution < -0.4 is 25.0 Å². The SMILES string of the molecule is CC(C)CNC(=O)C(=O)NC[C@H](c1ccc2c(c1)OCO2)N1CCN(c2ccc(F)cc2)CC1. The summed E-state index contributed by atoms with van der Waals surface area (Å²) in [7, 11) is 0. The molecule has 8 nitrogen and oxygen atoms in total. The molecule has 2 aromatic rings. The summed E-state index contributed by atoms with van der Waals surface area (Å²) in [5.74, 6) is 0.110. The van der Waals surface area contributed by atoms with Gasteiger partial charge in [0, 0.05) is 45.0 Å². The number of amides is 2. The van der Waals surface area contributed by atoms with Crippen molar-refractivity contribution in [1.29, 1.82) is 0 Å². The minimum absolute atomic E-state index is 0.147. The van der Waals surface area contributed by atoms with Gasteiger partial charge < -0.3 is 25.0 Å². The van der Waals surface area contributed by atoms with Crippen molar-refractivity contribution in [2.75, 3.05) is 51.0 Å². The zero-order valence-corrected chi connectivity index (χ0v) is 19.6. The van der Waals surface area contributed by atoms with Crippen LogP contribution in [0, 0.1) is 11.7 Å². The molecule has 0 bridgehead atoms. The van der Waals surface area contributed by atoms with Crippen molar-refractivity contribution >= 4 is 17.5 Å². The number of carbonyl (C=O) groups is 2. The molecule has 0 unspecified atom stereocenters. The molecule has 2 aliphatic heterocycles. The number of benzene rings is 2. The Labute approximate surface area is 199 Å². The van der Waals surface area contributed by atoms with Crippen LogP contribution in [0.5, 0.6) is 11.5 Å². The Morgan fingerprint density at radius 1 is 0.912 bits per heavy atom. The first-order valence-corrected chi connectivity index (χ1v) is 11.6. The normalized spacial score (nSPS) is 16.4. The van der Waals surface area contributed by atoms with Crippen LogP contribution in [0.3, 0.4) is 0 Å². The minimum Gasteiger partial charge on any atom is -0.454 e. The lowest BCUT2D eigenvalue weighted by Crippen LogP contribution is -2.51. The third kappa shape index (κ3) is 5.77. The second-order valence-electron chi connectivity index (χ2n) is 8.94. The standard InChI is InChI=1S/C25H31FN4O4/c1-17(2)14-27-24(31)25(32)28-15-21(18-3-8-22-23(13-18)34-16-33-22)30-11-9-29(10-12-30)20-6-4-19(26)5-7-20/h3-8,13,17,21H,9-12,14-16H2,1-2H3,(H,27,31)(H,28,32)/t21-/m1/s1. The maximum Gasteiger partial charge on any atom is 0.309 e. The summed E-state index contributed by atoms with van der Waals surface area (Å²) < 4.78 is 24.3. The molecule has 0 aliphatic carbocycles. The Kier molecular flexibility index (Phi) is 7.52. The smallest absolute Gasteiger partial charge is 0.309 e. The molecular formula is C25H31FN4O4. The molecule has 2 aliphatic rings. The van der Waals surface area contributed by atoms with E-state index in [9.17, 15) is 14.0 Å². The van der Waals surface area contributed by atoms with Gasteiger partial charge in [-0.05, 0) is 47.9 Å². The Hall–Kier alpha value is -3.33. The minimum atomic E-state index is -0.642. The van der Waals surface area contributed by atoms with Gasteiger partial charge in [-0.2, -0.15) is 0 Å². The predicted molar refractivity (Wildman–Crippen MR) is 126 cm³/mol. The van der Waals surface area contributed by atoms with Crippen molar-refractivity contribution in [3.63, 3.8) is 0 Å². The monoisotopic (exact) mass is 470 g/mol. The van der Waals surface area contributed by atoms with Gasteiger partial charge in [0.05, 0.1) is 6.04 Å². The van der Waals surface area contributed by atoms with Crippen molar-refractivity contribution in [3.05, 3.63) is 53.8 Å². The number of hydrogen-bond acceptors (Lipinski definition) is 6. The highest BCUT2D eigenvalue weighted by atomic mass is 19.1. The second kappa shape index (κ2) is 10.7. The van der Waals surface area contributed by atoms with E-state index < -0.39 is 11.8 Å². The molecule has 4 rings (SSSR count). The Morgan fingerprint density at radius 3 is 2.24 bits per heavy atom. The highest BCUT2D eigenvalue weighted by Gasteiger charge is 2.28. The maximum absolute atomic E-state index is 13.3. The van der Waals surface area contributed by atoms with E-state index in [0.717, 1.165) is 37.4 Å². The van der Waals surface area contributed by atoms with Crippen LogP contribution in [0.15, 0.2) is 42.5 Å². The molecule has 1 fully saturated rings. The molecule has 1 saturated heterocycles. The molecule has 2 aromatic carbocycles. The first-order chi connectivity index (χ1) is 16.4. The van der Waals surface area contributed by atoms with Crippen LogP contribution in [0.1, 0.15) is 25.5 Å². The topological polar surface area (TPSA) is 83.1 Å². The Morgan fingerprint density at radius 2 is 1.56 bits per heavy atom. The molecule has 0 saturated carbocycles. The van der Waals surface area contributed by atoms with E-state index in [2.05, 4.69) is 20.4 Å². The molecule has 0 aromatic heterocycles. The van der Waals surface area contributed by atoms with E-state index in [1.54, 1.807) is 12.1 Å². The second-order valence-corrected chi connectivity index (χ2v) is 8.94. The van der Waals surface area contributed by atoms with Crippen molar-refractivity contribution in [1.82, 2.24) is 15.5 Å². The van der Waals surface area contributed by atoms with Crippen LogP contribution >= 0.6 is 0 Å². The first-order valence-electron chi connectivity index (χ1n) is 11.6. The molecule has 34 heavy (non-hydrogen) atoms. The summed E-state index contributed by atoms with van der Waals surface area (Å²) in [6.07, 6.45) is 0. The fraction of sp³-hybridized carbons (Fsp3) is 0.440. The number of nitrogens with one attached hydrogen (secondary N) is 2. The van der Waals surface area contributed by atoms with Gasteiger partial charge in [-0.1, -0.05) is 19.9 Å². The molecule has 2 amide bonds. The summed E-state index contributed by atoms with van der Waals surface area (Å²) in [6, 6.07) is 12.1. The van der Waals surface area contributed by atoms with Crippen molar-refractivity contribution in [3.8, 4) is 11.5 Å². The van der Waals surface area contributed by atoms with Crippen LogP contribution in [0.4, 0.5) is 10.1 Å². The van der Waals surface area contributed by atoms with E-state index in [0.29, 0.717) is 18.0 Å². The van der Waals surface area contributed by atoms with Gasteiger partial charge in [0.15, 0.2) is 11.5 Å². The van der Waals surface area contributed by atoms with Crippen molar-refractivity contribution in [2.45, 2.75) is 19.9 Å². The predicted octanol–water partition coefficient (Wildman–Crippen LogP) is 2.31. The largest absolute Gasteiger partial charge is 0.454 e. The van der Waals surface area contributed by atoms with Gasteiger partial charge in [-0.25, -0.2) is 4.39 Å². The third-order valence-corrected chi connectivity index (χ3v) is 6.06. The number of nitrogens with zero attached hydrogens (tertiary/aromatic N) is 2. The zero-order valence-electron chi connectivity index (χ0n) is 19.6. The summed E-state index contributed by atoms with van der Waals surface area (Å²) in [6.45, 7) is 7.86. The summed E-state index contributed by atoms with van der Waals surface area (Å²) >= 11 is 0. The molecule has 2 heterocycles. The fourth-order valence-corrected chi connectivity index (χ4v) is 4.17. The van der Waals surface area contributed by atoms with Crippen LogP contribution in [-0.4, -0.2) is 62.8 Å². The average molecular weight is 471 g/mol. The van der Waals surface area contributed by atoms with Gasteiger partial charge >= 0.3 is 11.8 Å². The number of hydrogen-bond donors (Lipinski definition) is 2. The van der Waals surface area contributed by atoms with E-state index in [1.165, 1.54) is 12.1 Å². The molecule has 2 N–H and O–H groups in total. The number of carbonyl (C=O) groups excluding carboxylic acids is 2. The fourth-order valence-electron chi connectivity index (χ4n) is 4.17. The number of fused-ring (bicyclic) bond motifs is 1. The van der Waals surface area contributed by atoms with Crippen LogP contribution in [0.25, 0.3) is 0 Å². The first kappa shape index (κ1) is 23.8. The lowest BCUT2D eigenvalue weighted by molar-refractivity contribution is -0.139. The number of ether oxygens (including phenoxy) is 2. The van der Waals surface area contributed by atoms with Crippen LogP contribution in [0.2, 0.25) is 0 Å². The van der Waals surface area contributed by atoms with Gasteiger partial charge in [0.25, 0.3) is 0 Å². The number of anilines is 1. The quantitative estimate of drug-likeness (QED) is 0.605. The average Bonchev–Trinajstić information content (AvgIpc) is 3.31.